The minimum absolute atomic E-state index is 1.02. The van der Waals surface area contributed by atoms with Crippen LogP contribution in [0.25, 0.3) is 0 Å². The van der Waals surface area contributed by atoms with Crippen molar-refractivity contribution in [1.82, 2.24) is 8.61 Å². The summed E-state index contributed by atoms with van der Waals surface area (Å²) in [5, 5.41) is 2.04. The zero-order valence-corrected chi connectivity index (χ0v) is 13.9. The van der Waals surface area contributed by atoms with Gasteiger partial charge in [0.1, 0.15) is 0 Å². The van der Waals surface area contributed by atoms with Crippen molar-refractivity contribution in [3.05, 3.63) is 0 Å². The smallest absolute Gasteiger partial charge is 0.0588 e. The standard InChI is InChI=1S/C10H24Cl2N2S2/c1-5-13(6-2)15(11)9-16(12,10-15)14(7-3)8-4/h5-10H2,1-4H3. The van der Waals surface area contributed by atoms with Gasteiger partial charge in [-0.25, -0.2) is 0 Å². The number of halogens is 2. The zero-order chi connectivity index (χ0) is 12.4. The monoisotopic (exact) mass is 306 g/mol. The highest BCUT2D eigenvalue weighted by Crippen LogP contribution is 2.85. The third kappa shape index (κ3) is 2.78. The Labute approximate surface area is 113 Å². The summed E-state index contributed by atoms with van der Waals surface area (Å²) in [5.41, 5.74) is 0. The molecule has 0 N–H and O–H groups in total. The Kier molecular flexibility index (Phi) is 5.62. The summed E-state index contributed by atoms with van der Waals surface area (Å²) in [4.78, 5) is 0. The third-order valence-corrected chi connectivity index (χ3v) is 16.1. The van der Waals surface area contributed by atoms with Gasteiger partial charge in [0.15, 0.2) is 0 Å². The average molecular weight is 307 g/mol. The number of hydrogen-bond acceptors (Lipinski definition) is 2. The van der Waals surface area contributed by atoms with Crippen molar-refractivity contribution in [2.24, 2.45) is 0 Å². The molecule has 1 rings (SSSR count). The zero-order valence-electron chi connectivity index (χ0n) is 10.7. The summed E-state index contributed by atoms with van der Waals surface area (Å²) in [7, 11) is 11.3. The van der Waals surface area contributed by atoms with Gasteiger partial charge in [0.05, 0.1) is 10.2 Å². The number of nitrogens with zero attached hydrogens (tertiary/aromatic N) is 2. The van der Waals surface area contributed by atoms with Crippen LogP contribution in [0.15, 0.2) is 0 Å². The van der Waals surface area contributed by atoms with Gasteiger partial charge in [0.2, 0.25) is 0 Å². The van der Waals surface area contributed by atoms with Gasteiger partial charge in [-0.15, -0.1) is 0 Å². The maximum atomic E-state index is 6.74. The molecule has 1 aliphatic rings. The molecule has 0 aromatic rings. The molecule has 1 saturated heterocycles. The molecular formula is C10H24Cl2N2S2. The van der Waals surface area contributed by atoms with E-state index in [9.17, 15) is 0 Å². The summed E-state index contributed by atoms with van der Waals surface area (Å²) in [5.74, 6) is 0. The van der Waals surface area contributed by atoms with Crippen LogP contribution in [0.1, 0.15) is 27.7 Å². The molecular weight excluding hydrogens is 283 g/mol. The molecule has 0 spiro atoms. The van der Waals surface area contributed by atoms with Crippen LogP contribution < -0.4 is 0 Å². The molecule has 0 aromatic carbocycles. The lowest BCUT2D eigenvalue weighted by atomic mass is 10.7. The minimum atomic E-state index is -1.08. The van der Waals surface area contributed by atoms with Crippen LogP contribution in [-0.2, 0) is 0 Å². The van der Waals surface area contributed by atoms with Gasteiger partial charge < -0.3 is 0 Å². The van der Waals surface area contributed by atoms with Crippen LogP contribution in [-0.4, -0.2) is 45.0 Å². The SMILES string of the molecule is CCN(CC)S1(Cl)CS(Cl)(N(CC)CC)C1. The van der Waals surface area contributed by atoms with E-state index in [0.717, 1.165) is 36.3 Å². The molecule has 0 atom stereocenters. The fourth-order valence-corrected chi connectivity index (χ4v) is 17.9. The molecule has 0 saturated carbocycles. The number of rotatable bonds is 6. The van der Waals surface area contributed by atoms with Gasteiger partial charge in [-0.3, -0.25) is 8.61 Å². The van der Waals surface area contributed by atoms with E-state index in [0.29, 0.717) is 0 Å². The molecule has 0 bridgehead atoms. The summed E-state index contributed by atoms with van der Waals surface area (Å²) < 4.78 is 4.82. The molecule has 1 fully saturated rings. The fraction of sp³-hybridized carbons (Fsp3) is 1.00. The second-order valence-electron chi connectivity index (χ2n) is 3.96. The molecule has 0 aliphatic carbocycles. The van der Waals surface area contributed by atoms with Crippen molar-refractivity contribution in [1.29, 1.82) is 0 Å². The Bertz CT molecular complexity index is 205. The van der Waals surface area contributed by atoms with Crippen LogP contribution in [0.2, 0.25) is 0 Å². The number of hydrogen-bond donors (Lipinski definition) is 0. The Hall–Kier alpha value is 1.20. The predicted molar refractivity (Wildman–Crippen MR) is 82.5 cm³/mol. The maximum absolute atomic E-state index is 6.74. The van der Waals surface area contributed by atoms with E-state index < -0.39 is 18.9 Å². The Balaban J connectivity index is 2.63. The molecule has 6 heteroatoms. The average Bonchev–Trinajstić information content (AvgIpc) is 2.18. The lowest BCUT2D eigenvalue weighted by Crippen LogP contribution is -2.43. The molecule has 16 heavy (non-hydrogen) atoms. The maximum Gasteiger partial charge on any atom is 0.0588 e. The summed E-state index contributed by atoms with van der Waals surface area (Å²) in [6.45, 7) is 12.9. The summed E-state index contributed by atoms with van der Waals surface area (Å²) in [6, 6.07) is 0. The molecule has 100 valence electrons. The van der Waals surface area contributed by atoms with Crippen LogP contribution >= 0.6 is 40.2 Å². The first kappa shape index (κ1) is 15.3. The quantitative estimate of drug-likeness (QED) is 0.720. The van der Waals surface area contributed by atoms with Gasteiger partial charge >= 0.3 is 0 Å². The van der Waals surface area contributed by atoms with Gasteiger partial charge in [0, 0.05) is 26.2 Å². The van der Waals surface area contributed by atoms with E-state index in [4.69, 9.17) is 21.4 Å². The summed E-state index contributed by atoms with van der Waals surface area (Å²) in [6.07, 6.45) is 0. The third-order valence-electron chi connectivity index (χ3n) is 3.06. The highest BCUT2D eigenvalue weighted by atomic mass is 35.7. The van der Waals surface area contributed by atoms with E-state index in [1.54, 1.807) is 0 Å². The highest BCUT2D eigenvalue weighted by Gasteiger charge is 2.51. The van der Waals surface area contributed by atoms with Crippen molar-refractivity contribution >= 4 is 40.2 Å². The van der Waals surface area contributed by atoms with Crippen LogP contribution in [0.3, 0.4) is 0 Å². The predicted octanol–water partition coefficient (Wildman–Crippen LogP) is 4.35. The first-order chi connectivity index (χ1) is 7.45. The van der Waals surface area contributed by atoms with Crippen molar-refractivity contribution in [2.45, 2.75) is 27.7 Å². The normalized spacial score (nSPS) is 42.5. The van der Waals surface area contributed by atoms with Gasteiger partial charge in [-0.2, -0.15) is 0 Å². The topological polar surface area (TPSA) is 6.48 Å². The van der Waals surface area contributed by atoms with E-state index in [1.165, 1.54) is 0 Å². The van der Waals surface area contributed by atoms with Crippen LogP contribution in [0, 0.1) is 0 Å². The van der Waals surface area contributed by atoms with E-state index >= 15 is 0 Å². The lowest BCUT2D eigenvalue weighted by molar-refractivity contribution is 0.503. The molecule has 2 nitrogen and oxygen atoms in total. The van der Waals surface area contributed by atoms with E-state index in [2.05, 4.69) is 36.3 Å². The second-order valence-corrected chi connectivity index (χ2v) is 13.3. The second kappa shape index (κ2) is 5.89. The summed E-state index contributed by atoms with van der Waals surface area (Å²) >= 11 is 0. The van der Waals surface area contributed by atoms with Crippen LogP contribution in [0.5, 0.6) is 0 Å². The minimum Gasteiger partial charge on any atom is -0.255 e. The molecule has 0 radical (unpaired) electrons. The van der Waals surface area contributed by atoms with Crippen molar-refractivity contribution in [2.75, 3.05) is 36.3 Å². The van der Waals surface area contributed by atoms with Gasteiger partial charge in [-0.05, 0) is 21.4 Å². The Morgan fingerprint density at radius 1 is 0.750 bits per heavy atom. The van der Waals surface area contributed by atoms with E-state index in [1.807, 2.05) is 0 Å². The van der Waals surface area contributed by atoms with Crippen molar-refractivity contribution in [3.8, 4) is 0 Å². The van der Waals surface area contributed by atoms with Crippen molar-refractivity contribution in [3.63, 3.8) is 0 Å². The Morgan fingerprint density at radius 3 is 1.19 bits per heavy atom. The molecule has 0 amide bonds. The molecule has 1 aliphatic heterocycles. The van der Waals surface area contributed by atoms with E-state index in [-0.39, 0.29) is 0 Å². The molecule has 1 heterocycles. The van der Waals surface area contributed by atoms with Gasteiger partial charge in [0.25, 0.3) is 0 Å². The van der Waals surface area contributed by atoms with Crippen LogP contribution in [0.4, 0.5) is 0 Å². The molecule has 0 aromatic heterocycles. The Morgan fingerprint density at radius 2 is 1.00 bits per heavy atom. The lowest BCUT2D eigenvalue weighted by Gasteiger charge is -2.63. The highest BCUT2D eigenvalue weighted by molar-refractivity contribution is 8.76. The van der Waals surface area contributed by atoms with Gasteiger partial charge in [-0.1, -0.05) is 46.6 Å². The largest absolute Gasteiger partial charge is 0.255 e. The van der Waals surface area contributed by atoms with Crippen molar-refractivity contribution < 1.29 is 0 Å². The first-order valence-corrected chi connectivity index (χ1v) is 11.4. The first-order valence-electron chi connectivity index (χ1n) is 5.92. The molecule has 0 unspecified atom stereocenters. The fourth-order valence-electron chi connectivity index (χ4n) is 2.19.